The van der Waals surface area contributed by atoms with Crippen LogP contribution in [0.25, 0.3) is 22.6 Å². The molecule has 1 aliphatic rings. The van der Waals surface area contributed by atoms with Gasteiger partial charge in [-0.05, 0) is 60.7 Å². The van der Waals surface area contributed by atoms with Gasteiger partial charge in [0.2, 0.25) is 0 Å². The van der Waals surface area contributed by atoms with Crippen LogP contribution in [0.3, 0.4) is 0 Å². The minimum absolute atomic E-state index is 0.457. The fourth-order valence-electron chi connectivity index (χ4n) is 3.55. The molecule has 2 aromatic carbocycles. The van der Waals surface area contributed by atoms with Gasteiger partial charge in [-0.2, -0.15) is 0 Å². The molecule has 1 aromatic heterocycles. The van der Waals surface area contributed by atoms with Crippen molar-refractivity contribution < 1.29 is 14.3 Å². The number of hydrogen-bond donors (Lipinski definition) is 1. The lowest BCUT2D eigenvalue weighted by molar-refractivity contribution is -0.125. The zero-order valence-corrected chi connectivity index (χ0v) is 16.6. The Hall–Kier alpha value is -3.18. The maximum absolute atomic E-state index is 12.9. The largest absolute Gasteiger partial charge is 0.449 e. The summed E-state index contributed by atoms with van der Waals surface area (Å²) in [5.74, 6) is -1.24. The summed E-state index contributed by atoms with van der Waals surface area (Å²) >= 11 is 5.98. The van der Waals surface area contributed by atoms with Gasteiger partial charge in [0, 0.05) is 10.4 Å². The van der Waals surface area contributed by atoms with Crippen LogP contribution in [0.1, 0.15) is 40.5 Å². The third-order valence-electron chi connectivity index (χ3n) is 5.04. The Kier molecular flexibility index (Phi) is 5.07. The molecule has 6 heteroatoms. The number of halogens is 1. The first-order valence-corrected chi connectivity index (χ1v) is 9.70. The van der Waals surface area contributed by atoms with Crippen LogP contribution in [-0.2, 0) is 16.0 Å². The number of ether oxygens (including phenoxy) is 1. The number of carbonyl (C=O) groups is 2. The average Bonchev–Trinajstić information content (AvgIpc) is 3.09. The van der Waals surface area contributed by atoms with Crippen LogP contribution in [0.15, 0.2) is 48.5 Å². The second-order valence-corrected chi connectivity index (χ2v) is 7.44. The van der Waals surface area contributed by atoms with Crippen LogP contribution in [0, 0.1) is 0 Å². The lowest BCUT2D eigenvalue weighted by atomic mass is 10.0. The zero-order valence-electron chi connectivity index (χ0n) is 15.8. The number of benzene rings is 2. The van der Waals surface area contributed by atoms with Gasteiger partial charge in [-0.25, -0.2) is 9.78 Å². The first-order chi connectivity index (χ1) is 13.9. The first-order valence-electron chi connectivity index (χ1n) is 9.32. The van der Waals surface area contributed by atoms with Crippen LogP contribution < -0.4 is 5.73 Å². The molecule has 1 heterocycles. The molecule has 0 radical (unpaired) electrons. The van der Waals surface area contributed by atoms with Crippen molar-refractivity contribution in [3.05, 3.63) is 75.9 Å². The van der Waals surface area contributed by atoms with E-state index in [2.05, 4.69) is 6.08 Å². The van der Waals surface area contributed by atoms with Gasteiger partial charge in [0.25, 0.3) is 5.91 Å². The number of nitrogens with two attached hydrogens (primary N) is 1. The smallest absolute Gasteiger partial charge is 0.339 e. The number of para-hydroxylation sites is 1. The lowest BCUT2D eigenvalue weighted by Crippen LogP contribution is -2.30. The number of esters is 1. The topological polar surface area (TPSA) is 82.3 Å². The molecule has 1 atom stereocenters. The SMILES string of the molecule is CC(OC(=O)c1c2c(nc3ccccc13)/C(=C\c1ccc(Cl)cc1)CC2)C(N)=O. The molecule has 0 fully saturated rings. The molecule has 1 aliphatic carbocycles. The number of carbonyl (C=O) groups excluding carboxylic acids is 2. The number of hydrogen-bond acceptors (Lipinski definition) is 4. The summed E-state index contributed by atoms with van der Waals surface area (Å²) in [4.78, 5) is 29.1. The molecule has 1 unspecified atom stereocenters. The fraction of sp³-hybridized carbons (Fsp3) is 0.174. The van der Waals surface area contributed by atoms with Crippen molar-refractivity contribution in [2.45, 2.75) is 25.9 Å². The summed E-state index contributed by atoms with van der Waals surface area (Å²) in [6, 6.07) is 15.0. The summed E-state index contributed by atoms with van der Waals surface area (Å²) in [6.45, 7) is 1.47. The van der Waals surface area contributed by atoms with E-state index in [0.717, 1.165) is 28.8 Å². The summed E-state index contributed by atoms with van der Waals surface area (Å²) in [5.41, 5.74) is 10.1. The Morgan fingerprint density at radius 2 is 1.86 bits per heavy atom. The highest BCUT2D eigenvalue weighted by Gasteiger charge is 2.29. The molecule has 0 aliphatic heterocycles. The molecule has 0 bridgehead atoms. The van der Waals surface area contributed by atoms with E-state index in [1.807, 2.05) is 48.5 Å². The molecule has 0 saturated carbocycles. The Morgan fingerprint density at radius 1 is 1.14 bits per heavy atom. The van der Waals surface area contributed by atoms with E-state index in [1.165, 1.54) is 6.92 Å². The van der Waals surface area contributed by atoms with Crippen molar-refractivity contribution in [2.75, 3.05) is 0 Å². The molecule has 5 nitrogen and oxygen atoms in total. The molecule has 2 N–H and O–H groups in total. The Bertz CT molecular complexity index is 1150. The number of rotatable bonds is 4. The molecule has 146 valence electrons. The van der Waals surface area contributed by atoms with Crippen molar-refractivity contribution in [3.8, 4) is 0 Å². The number of amides is 1. The van der Waals surface area contributed by atoms with Gasteiger partial charge in [-0.1, -0.05) is 41.9 Å². The summed E-state index contributed by atoms with van der Waals surface area (Å²) in [5, 5.41) is 1.39. The van der Waals surface area contributed by atoms with Gasteiger partial charge in [0.05, 0.1) is 16.8 Å². The number of nitrogens with zero attached hydrogens (tertiary/aromatic N) is 1. The van der Waals surface area contributed by atoms with Crippen molar-refractivity contribution in [3.63, 3.8) is 0 Å². The fourth-order valence-corrected chi connectivity index (χ4v) is 3.68. The van der Waals surface area contributed by atoms with E-state index in [1.54, 1.807) is 0 Å². The first kappa shape index (κ1) is 19.2. The van der Waals surface area contributed by atoms with Crippen LogP contribution in [0.4, 0.5) is 0 Å². The van der Waals surface area contributed by atoms with Crippen LogP contribution in [-0.4, -0.2) is 23.0 Å². The maximum atomic E-state index is 12.9. The van der Waals surface area contributed by atoms with Gasteiger partial charge < -0.3 is 10.5 Å². The zero-order chi connectivity index (χ0) is 20.5. The maximum Gasteiger partial charge on any atom is 0.339 e. The van der Waals surface area contributed by atoms with E-state index in [9.17, 15) is 9.59 Å². The molecule has 1 amide bonds. The van der Waals surface area contributed by atoms with Crippen LogP contribution in [0.2, 0.25) is 5.02 Å². The molecular weight excluding hydrogens is 388 g/mol. The van der Waals surface area contributed by atoms with E-state index in [4.69, 9.17) is 27.1 Å². The normalized spacial score (nSPS) is 15.3. The molecule has 29 heavy (non-hydrogen) atoms. The van der Waals surface area contributed by atoms with E-state index in [-0.39, 0.29) is 0 Å². The highest BCUT2D eigenvalue weighted by atomic mass is 35.5. The monoisotopic (exact) mass is 406 g/mol. The molecule has 3 aromatic rings. The quantitative estimate of drug-likeness (QED) is 0.651. The van der Waals surface area contributed by atoms with E-state index >= 15 is 0 Å². The molecule has 0 spiro atoms. The molecule has 4 rings (SSSR count). The number of fused-ring (bicyclic) bond motifs is 2. The minimum Gasteiger partial charge on any atom is -0.449 e. The Morgan fingerprint density at radius 3 is 2.59 bits per heavy atom. The summed E-state index contributed by atoms with van der Waals surface area (Å²) in [7, 11) is 0. The van der Waals surface area contributed by atoms with Crippen molar-refractivity contribution >= 4 is 46.0 Å². The van der Waals surface area contributed by atoms with E-state index < -0.39 is 18.0 Å². The number of allylic oxidation sites excluding steroid dienone is 1. The predicted octanol–water partition coefficient (Wildman–Crippen LogP) is 4.41. The van der Waals surface area contributed by atoms with Crippen molar-refractivity contribution in [1.29, 1.82) is 0 Å². The standard InChI is InChI=1S/C23H19ClN2O3/c1-13(22(25)27)29-23(28)20-17-4-2-3-5-19(17)26-21-15(8-11-18(20)21)12-14-6-9-16(24)10-7-14/h2-7,9-10,12-13H,8,11H2,1H3,(H2,25,27)/b15-12-. The van der Waals surface area contributed by atoms with Crippen LogP contribution in [0.5, 0.6) is 0 Å². The minimum atomic E-state index is -1.00. The van der Waals surface area contributed by atoms with Crippen molar-refractivity contribution in [2.24, 2.45) is 5.73 Å². The molecular formula is C23H19ClN2O3. The van der Waals surface area contributed by atoms with Gasteiger partial charge in [-0.15, -0.1) is 0 Å². The van der Waals surface area contributed by atoms with E-state index in [0.29, 0.717) is 27.9 Å². The number of pyridine rings is 1. The third kappa shape index (κ3) is 3.74. The second-order valence-electron chi connectivity index (χ2n) is 7.00. The van der Waals surface area contributed by atoms with Crippen LogP contribution >= 0.6 is 11.6 Å². The highest BCUT2D eigenvalue weighted by molar-refractivity contribution is 6.30. The molecule has 0 saturated heterocycles. The summed E-state index contributed by atoms with van der Waals surface area (Å²) < 4.78 is 5.32. The third-order valence-corrected chi connectivity index (χ3v) is 5.29. The number of primary amides is 1. The van der Waals surface area contributed by atoms with Gasteiger partial charge in [0.1, 0.15) is 0 Å². The second kappa shape index (κ2) is 7.68. The summed E-state index contributed by atoms with van der Waals surface area (Å²) in [6.07, 6.45) is 2.48. The highest BCUT2D eigenvalue weighted by Crippen LogP contribution is 2.38. The van der Waals surface area contributed by atoms with Gasteiger partial charge in [-0.3, -0.25) is 4.79 Å². The lowest BCUT2D eigenvalue weighted by Gasteiger charge is -2.14. The predicted molar refractivity (Wildman–Crippen MR) is 113 cm³/mol. The average molecular weight is 407 g/mol. The van der Waals surface area contributed by atoms with Gasteiger partial charge >= 0.3 is 5.97 Å². The van der Waals surface area contributed by atoms with Crippen molar-refractivity contribution in [1.82, 2.24) is 4.98 Å². The number of aromatic nitrogens is 1. The van der Waals surface area contributed by atoms with Gasteiger partial charge in [0.15, 0.2) is 6.10 Å². The Balaban J connectivity index is 1.84. The Labute approximate surface area is 173 Å².